The van der Waals surface area contributed by atoms with E-state index >= 15 is 0 Å². The monoisotopic (exact) mass is 505 g/mol. The minimum absolute atomic E-state index is 0.0527. The molecule has 0 saturated carbocycles. The molecule has 37 heavy (non-hydrogen) atoms. The average molecular weight is 505 g/mol. The predicted molar refractivity (Wildman–Crippen MR) is 128 cm³/mol. The van der Waals surface area contributed by atoms with Gasteiger partial charge >= 0.3 is 5.97 Å². The summed E-state index contributed by atoms with van der Waals surface area (Å²) in [6, 6.07) is 11.2. The molecular formula is C26H19NO10. The van der Waals surface area contributed by atoms with Gasteiger partial charge in [0.2, 0.25) is 11.2 Å². The number of phenolic OH excluding ortho intramolecular Hbond substituents is 3. The van der Waals surface area contributed by atoms with Crippen molar-refractivity contribution in [3.63, 3.8) is 0 Å². The second-order valence-corrected chi connectivity index (χ2v) is 8.38. The molecule has 1 atom stereocenters. The van der Waals surface area contributed by atoms with Crippen molar-refractivity contribution in [2.45, 2.75) is 12.3 Å². The highest BCUT2D eigenvalue weighted by atomic mass is 16.5. The molecule has 0 aliphatic carbocycles. The Balaban J connectivity index is 1.76. The van der Waals surface area contributed by atoms with Crippen LogP contribution in [0.2, 0.25) is 0 Å². The highest BCUT2D eigenvalue weighted by Gasteiger charge is 2.34. The number of hydrogen-bond acceptors (Lipinski definition) is 10. The van der Waals surface area contributed by atoms with E-state index in [2.05, 4.69) is 0 Å². The van der Waals surface area contributed by atoms with Gasteiger partial charge in [-0.1, -0.05) is 12.1 Å². The van der Waals surface area contributed by atoms with E-state index in [0.29, 0.717) is 11.3 Å². The fourth-order valence-electron chi connectivity index (χ4n) is 4.30. The Hall–Kier alpha value is -5.19. The maximum absolute atomic E-state index is 13.1. The Labute approximate surface area is 207 Å². The first-order valence-electron chi connectivity index (χ1n) is 10.9. The standard InChI is InChI=1S/C26H19NO10/c27-19(31)10-35-13-3-1-2-11(6-13)14-8-20(32)36-18-9-17(30)22-23(33)24(34)25(37-26(22)21(14)18)12-4-5-15(28)16(29)7-12/h1-7,9,14,28-30,34H,8,10H2,(H2,27,31). The van der Waals surface area contributed by atoms with E-state index in [1.165, 1.54) is 6.07 Å². The van der Waals surface area contributed by atoms with Crippen molar-refractivity contribution in [2.75, 3.05) is 6.61 Å². The number of benzene rings is 3. The number of amides is 1. The molecule has 0 radical (unpaired) electrons. The molecule has 11 heteroatoms. The van der Waals surface area contributed by atoms with E-state index in [9.17, 15) is 34.8 Å². The molecule has 5 rings (SSSR count). The van der Waals surface area contributed by atoms with Crippen LogP contribution in [-0.2, 0) is 9.59 Å². The molecule has 3 aromatic carbocycles. The number of aromatic hydroxyl groups is 4. The fraction of sp³-hybridized carbons (Fsp3) is 0.115. The van der Waals surface area contributed by atoms with Gasteiger partial charge in [-0.2, -0.15) is 0 Å². The maximum Gasteiger partial charge on any atom is 0.312 e. The number of carbonyl (C=O) groups excluding carboxylic acids is 2. The van der Waals surface area contributed by atoms with Crippen molar-refractivity contribution in [1.82, 2.24) is 0 Å². The van der Waals surface area contributed by atoms with E-state index < -0.39 is 46.2 Å². The Morgan fingerprint density at radius 3 is 2.51 bits per heavy atom. The van der Waals surface area contributed by atoms with Crippen molar-refractivity contribution in [1.29, 1.82) is 0 Å². The van der Waals surface area contributed by atoms with Crippen LogP contribution >= 0.6 is 0 Å². The molecule has 0 saturated heterocycles. The summed E-state index contributed by atoms with van der Waals surface area (Å²) in [5.74, 6) is -4.45. The predicted octanol–water partition coefficient (Wildman–Crippen LogP) is 2.59. The Bertz CT molecular complexity index is 1660. The molecule has 1 aliphatic rings. The Kier molecular flexibility index (Phi) is 5.59. The zero-order chi connectivity index (χ0) is 26.4. The molecular weight excluding hydrogens is 486 g/mol. The number of esters is 1. The normalized spacial score (nSPS) is 14.7. The van der Waals surface area contributed by atoms with Crippen LogP contribution in [0.1, 0.15) is 23.5 Å². The molecule has 1 aliphatic heterocycles. The third kappa shape index (κ3) is 4.12. The van der Waals surface area contributed by atoms with Gasteiger partial charge < -0.3 is 40.1 Å². The van der Waals surface area contributed by atoms with Crippen molar-refractivity contribution >= 4 is 22.8 Å². The zero-order valence-corrected chi connectivity index (χ0v) is 18.9. The van der Waals surface area contributed by atoms with Gasteiger partial charge in [0.1, 0.15) is 28.2 Å². The van der Waals surface area contributed by atoms with Gasteiger partial charge in [0.25, 0.3) is 5.91 Å². The van der Waals surface area contributed by atoms with E-state index in [0.717, 1.165) is 18.2 Å². The lowest BCUT2D eigenvalue weighted by Gasteiger charge is -2.26. The summed E-state index contributed by atoms with van der Waals surface area (Å²) in [6.45, 7) is -0.361. The number of hydrogen-bond donors (Lipinski definition) is 5. The molecule has 1 amide bonds. The minimum atomic E-state index is -0.960. The van der Waals surface area contributed by atoms with Crippen LogP contribution in [0.4, 0.5) is 0 Å². The second-order valence-electron chi connectivity index (χ2n) is 8.38. The summed E-state index contributed by atoms with van der Waals surface area (Å²) in [7, 11) is 0. The van der Waals surface area contributed by atoms with Gasteiger partial charge in [-0.15, -0.1) is 0 Å². The van der Waals surface area contributed by atoms with Crippen LogP contribution in [0.3, 0.4) is 0 Å². The second kappa shape index (κ2) is 8.79. The topological polar surface area (TPSA) is 190 Å². The van der Waals surface area contributed by atoms with Crippen LogP contribution in [0, 0.1) is 0 Å². The number of fused-ring (bicyclic) bond motifs is 3. The lowest BCUT2D eigenvalue weighted by Crippen LogP contribution is -2.22. The Morgan fingerprint density at radius 2 is 1.78 bits per heavy atom. The van der Waals surface area contributed by atoms with Crippen molar-refractivity contribution < 1.29 is 43.9 Å². The van der Waals surface area contributed by atoms with E-state index in [4.69, 9.17) is 19.6 Å². The molecule has 188 valence electrons. The van der Waals surface area contributed by atoms with Crippen LogP contribution < -0.4 is 20.6 Å². The minimum Gasteiger partial charge on any atom is -0.507 e. The van der Waals surface area contributed by atoms with Gasteiger partial charge in [0.05, 0.1) is 6.42 Å². The quantitative estimate of drug-likeness (QED) is 0.153. The summed E-state index contributed by atoms with van der Waals surface area (Å²) in [4.78, 5) is 36.7. The van der Waals surface area contributed by atoms with Crippen molar-refractivity contribution in [3.05, 3.63) is 69.9 Å². The first-order chi connectivity index (χ1) is 17.6. The van der Waals surface area contributed by atoms with Crippen molar-refractivity contribution in [2.24, 2.45) is 5.73 Å². The van der Waals surface area contributed by atoms with Gasteiger partial charge in [0.15, 0.2) is 23.9 Å². The highest BCUT2D eigenvalue weighted by Crippen LogP contribution is 2.47. The lowest BCUT2D eigenvalue weighted by atomic mass is 9.85. The van der Waals surface area contributed by atoms with E-state index in [1.54, 1.807) is 24.3 Å². The molecule has 0 fully saturated rings. The molecule has 1 aromatic heterocycles. The largest absolute Gasteiger partial charge is 0.507 e. The van der Waals surface area contributed by atoms with Crippen LogP contribution in [-0.4, -0.2) is 38.9 Å². The van der Waals surface area contributed by atoms with Crippen LogP contribution in [0.15, 0.2) is 57.7 Å². The molecule has 1 unspecified atom stereocenters. The maximum atomic E-state index is 13.1. The Morgan fingerprint density at radius 1 is 1.00 bits per heavy atom. The number of phenols is 3. The lowest BCUT2D eigenvalue weighted by molar-refractivity contribution is -0.135. The summed E-state index contributed by atoms with van der Waals surface area (Å²) in [5, 5.41) is 40.4. The molecule has 11 nitrogen and oxygen atoms in total. The summed E-state index contributed by atoms with van der Waals surface area (Å²) >= 11 is 0. The highest BCUT2D eigenvalue weighted by molar-refractivity contribution is 5.94. The molecule has 0 spiro atoms. The SMILES string of the molecule is NC(=O)COc1cccc(C2CC(=O)Oc3cc(O)c4c(=O)c(O)c(-c5ccc(O)c(O)c5)oc4c32)c1. The molecule has 2 heterocycles. The number of carbonyl (C=O) groups is 2. The number of primary amides is 1. The zero-order valence-electron chi connectivity index (χ0n) is 18.9. The van der Waals surface area contributed by atoms with Gasteiger partial charge in [-0.3, -0.25) is 14.4 Å². The number of ether oxygens (including phenoxy) is 2. The van der Waals surface area contributed by atoms with Crippen molar-refractivity contribution in [3.8, 4) is 45.8 Å². The van der Waals surface area contributed by atoms with Gasteiger partial charge in [-0.05, 0) is 35.9 Å². The third-order valence-corrected chi connectivity index (χ3v) is 5.94. The van der Waals surface area contributed by atoms with E-state index in [-0.39, 0.29) is 46.6 Å². The summed E-state index contributed by atoms with van der Waals surface area (Å²) in [6.07, 6.45) is -0.161. The smallest absolute Gasteiger partial charge is 0.312 e. The number of rotatable bonds is 5. The molecule has 6 N–H and O–H groups in total. The molecule has 0 bridgehead atoms. The van der Waals surface area contributed by atoms with E-state index in [1.807, 2.05) is 0 Å². The van der Waals surface area contributed by atoms with Gasteiger partial charge in [0, 0.05) is 23.1 Å². The third-order valence-electron chi connectivity index (χ3n) is 5.94. The van der Waals surface area contributed by atoms with Gasteiger partial charge in [-0.25, -0.2) is 0 Å². The summed E-state index contributed by atoms with van der Waals surface area (Å²) in [5.41, 5.74) is 4.90. The number of nitrogens with two attached hydrogens (primary N) is 1. The first-order valence-corrected chi connectivity index (χ1v) is 10.9. The first kappa shape index (κ1) is 23.5. The van der Waals surface area contributed by atoms with Crippen LogP contribution in [0.25, 0.3) is 22.3 Å². The average Bonchev–Trinajstić information content (AvgIpc) is 2.85. The summed E-state index contributed by atoms with van der Waals surface area (Å²) < 4.78 is 16.7. The fourth-order valence-corrected chi connectivity index (χ4v) is 4.30. The molecule has 4 aromatic rings. The van der Waals surface area contributed by atoms with Crippen LogP contribution in [0.5, 0.6) is 34.5 Å².